The van der Waals surface area contributed by atoms with E-state index in [9.17, 15) is 19.5 Å². The first-order valence-corrected chi connectivity index (χ1v) is 11.6. The van der Waals surface area contributed by atoms with Crippen LogP contribution < -0.4 is 0 Å². The standard InChI is InChI=1S/C25H31FO6/c1-5-21(30)32-24(19(29)12-27)13(2)8-15-16-10-18(26)17-9-14(28)6-7-22(17,3)25(16)20(31-25)11-23(15,24)4/h6-7,9,13,15-16,18,20,27H,5,8,10-12H2,1-4H3/t13-,15-,16-,18-,20-,22-,23-,24+,25+/m0/s1. The minimum absolute atomic E-state index is 0.124. The fraction of sp³-hybridized carbons (Fsp3) is 0.720. The Bertz CT molecular complexity index is 971. The summed E-state index contributed by atoms with van der Waals surface area (Å²) in [6, 6.07) is 0. The fourth-order valence-corrected chi connectivity index (χ4v) is 8.20. The molecule has 0 aromatic heterocycles. The van der Waals surface area contributed by atoms with Crippen LogP contribution in [0, 0.1) is 28.6 Å². The van der Waals surface area contributed by atoms with Crippen molar-refractivity contribution in [3.05, 3.63) is 23.8 Å². The second-order valence-electron chi connectivity index (χ2n) is 10.8. The molecule has 5 rings (SSSR count). The highest BCUT2D eigenvalue weighted by Gasteiger charge is 2.83. The highest BCUT2D eigenvalue weighted by molar-refractivity contribution is 6.01. The van der Waals surface area contributed by atoms with Crippen molar-refractivity contribution in [1.82, 2.24) is 0 Å². The molecule has 1 aliphatic heterocycles. The van der Waals surface area contributed by atoms with Gasteiger partial charge in [0.15, 0.2) is 11.4 Å². The number of hydrogen-bond acceptors (Lipinski definition) is 6. The van der Waals surface area contributed by atoms with Crippen LogP contribution in [-0.4, -0.2) is 52.7 Å². The summed E-state index contributed by atoms with van der Waals surface area (Å²) in [6.45, 7) is 6.75. The van der Waals surface area contributed by atoms with Crippen molar-refractivity contribution in [2.45, 2.75) is 76.9 Å². The normalized spacial score (nSPS) is 50.5. The molecule has 7 heteroatoms. The van der Waals surface area contributed by atoms with Gasteiger partial charge in [0.25, 0.3) is 0 Å². The van der Waals surface area contributed by atoms with Gasteiger partial charge in [-0.2, -0.15) is 0 Å². The molecule has 1 heterocycles. The van der Waals surface area contributed by atoms with Gasteiger partial charge in [0.05, 0.1) is 6.10 Å². The summed E-state index contributed by atoms with van der Waals surface area (Å²) in [6.07, 6.45) is 4.57. The number of fused-ring (bicyclic) bond motifs is 3. The number of alkyl halides is 1. The number of esters is 1. The number of Topliss-reactive ketones (excluding diaryl/α,β-unsaturated/α-hetero) is 1. The molecule has 4 aliphatic carbocycles. The summed E-state index contributed by atoms with van der Waals surface area (Å²) >= 11 is 0. The molecule has 174 valence electrons. The second kappa shape index (κ2) is 6.60. The number of carbonyl (C=O) groups excluding carboxylic acids is 3. The maximum atomic E-state index is 15.6. The first-order valence-electron chi connectivity index (χ1n) is 11.6. The maximum absolute atomic E-state index is 15.6. The Balaban J connectivity index is 1.62. The molecular weight excluding hydrogens is 415 g/mol. The molecule has 3 saturated carbocycles. The van der Waals surface area contributed by atoms with Crippen LogP contribution in [0.25, 0.3) is 0 Å². The van der Waals surface area contributed by atoms with Crippen LogP contribution in [0.4, 0.5) is 4.39 Å². The van der Waals surface area contributed by atoms with Crippen LogP contribution in [-0.2, 0) is 23.9 Å². The number of ether oxygens (including phenoxy) is 2. The van der Waals surface area contributed by atoms with Crippen LogP contribution in [0.3, 0.4) is 0 Å². The third-order valence-electron chi connectivity index (χ3n) is 9.58. The van der Waals surface area contributed by atoms with Crippen molar-refractivity contribution in [1.29, 1.82) is 0 Å². The molecule has 32 heavy (non-hydrogen) atoms. The lowest BCUT2D eigenvalue weighted by Gasteiger charge is -2.56. The third-order valence-corrected chi connectivity index (χ3v) is 9.58. The van der Waals surface area contributed by atoms with E-state index in [1.165, 1.54) is 12.2 Å². The van der Waals surface area contributed by atoms with Gasteiger partial charge in [-0.1, -0.05) is 26.8 Å². The monoisotopic (exact) mass is 446 g/mol. The average molecular weight is 447 g/mol. The molecule has 0 unspecified atom stereocenters. The number of hydrogen-bond donors (Lipinski definition) is 1. The average Bonchev–Trinajstić information content (AvgIpc) is 3.43. The van der Waals surface area contributed by atoms with Crippen molar-refractivity contribution in [3.8, 4) is 0 Å². The minimum Gasteiger partial charge on any atom is -0.450 e. The Morgan fingerprint density at radius 1 is 1.28 bits per heavy atom. The van der Waals surface area contributed by atoms with Gasteiger partial charge in [-0.3, -0.25) is 14.4 Å². The van der Waals surface area contributed by atoms with Crippen molar-refractivity contribution < 1.29 is 33.4 Å². The van der Waals surface area contributed by atoms with E-state index < -0.39 is 46.6 Å². The third kappa shape index (κ3) is 2.29. The second-order valence-corrected chi connectivity index (χ2v) is 10.8. The molecule has 5 aliphatic rings. The molecule has 6 nitrogen and oxygen atoms in total. The molecular formula is C25H31FO6. The number of carbonyl (C=O) groups is 3. The van der Waals surface area contributed by atoms with Crippen molar-refractivity contribution >= 4 is 17.5 Å². The Kier molecular flexibility index (Phi) is 4.53. The number of rotatable bonds is 4. The lowest BCUT2D eigenvalue weighted by atomic mass is 9.46. The molecule has 9 atom stereocenters. The molecule has 0 radical (unpaired) electrons. The predicted octanol–water partition coefficient (Wildman–Crippen LogP) is 2.87. The van der Waals surface area contributed by atoms with E-state index in [1.54, 1.807) is 13.0 Å². The van der Waals surface area contributed by atoms with E-state index in [0.29, 0.717) is 18.4 Å². The van der Waals surface area contributed by atoms with Crippen LogP contribution in [0.1, 0.15) is 53.4 Å². The zero-order valence-electron chi connectivity index (χ0n) is 19.0. The first-order chi connectivity index (χ1) is 15.0. The zero-order valence-corrected chi connectivity index (χ0v) is 19.0. The summed E-state index contributed by atoms with van der Waals surface area (Å²) in [7, 11) is 0. The molecule has 0 aromatic carbocycles. The van der Waals surface area contributed by atoms with E-state index in [0.717, 1.165) is 0 Å². The van der Waals surface area contributed by atoms with Gasteiger partial charge in [-0.25, -0.2) is 4.39 Å². The minimum atomic E-state index is -1.46. The predicted molar refractivity (Wildman–Crippen MR) is 112 cm³/mol. The summed E-state index contributed by atoms with van der Waals surface area (Å²) < 4.78 is 27.9. The molecule has 1 saturated heterocycles. The van der Waals surface area contributed by atoms with Crippen LogP contribution in [0.2, 0.25) is 0 Å². The van der Waals surface area contributed by atoms with Gasteiger partial charge < -0.3 is 14.6 Å². The van der Waals surface area contributed by atoms with Gasteiger partial charge in [0, 0.05) is 23.2 Å². The van der Waals surface area contributed by atoms with Crippen LogP contribution in [0.15, 0.2) is 23.8 Å². The summed E-state index contributed by atoms with van der Waals surface area (Å²) in [5.41, 5.74) is -3.12. The number of epoxide rings is 1. The SMILES string of the molecule is CCC(=O)O[C@@]1(C(=O)CO)[C@@H](C)C[C@H]2[C@@H]3C[C@H](F)C4=CC(=O)C=C[C@]4(C)[C@@]34O[C@H]4C[C@@]21C. The van der Waals surface area contributed by atoms with Crippen molar-refractivity contribution in [2.24, 2.45) is 28.6 Å². The van der Waals surface area contributed by atoms with Crippen molar-refractivity contribution in [3.63, 3.8) is 0 Å². The number of aliphatic hydroxyl groups is 1. The Morgan fingerprint density at radius 3 is 2.66 bits per heavy atom. The largest absolute Gasteiger partial charge is 0.450 e. The molecule has 0 bridgehead atoms. The number of ketones is 2. The lowest BCUT2D eigenvalue weighted by Crippen LogP contribution is -2.64. The summed E-state index contributed by atoms with van der Waals surface area (Å²) in [4.78, 5) is 37.7. The summed E-state index contributed by atoms with van der Waals surface area (Å²) in [5.74, 6) is -1.81. The fourth-order valence-electron chi connectivity index (χ4n) is 8.20. The Labute approximate surface area is 187 Å². The molecule has 4 fully saturated rings. The smallest absolute Gasteiger partial charge is 0.306 e. The quantitative estimate of drug-likeness (QED) is 0.527. The van der Waals surface area contributed by atoms with E-state index >= 15 is 4.39 Å². The van der Waals surface area contributed by atoms with Gasteiger partial charge >= 0.3 is 5.97 Å². The Hall–Kier alpha value is -1.86. The van der Waals surface area contributed by atoms with E-state index in [4.69, 9.17) is 9.47 Å². The highest BCUT2D eigenvalue weighted by atomic mass is 19.1. The van der Waals surface area contributed by atoms with Gasteiger partial charge in [0.1, 0.15) is 18.4 Å². The lowest BCUT2D eigenvalue weighted by molar-refractivity contribution is -0.193. The maximum Gasteiger partial charge on any atom is 0.306 e. The van der Waals surface area contributed by atoms with Gasteiger partial charge in [-0.05, 0) is 55.7 Å². The van der Waals surface area contributed by atoms with E-state index in [-0.39, 0.29) is 42.5 Å². The van der Waals surface area contributed by atoms with Gasteiger partial charge in [-0.15, -0.1) is 0 Å². The summed E-state index contributed by atoms with van der Waals surface area (Å²) in [5, 5.41) is 9.86. The zero-order chi connectivity index (χ0) is 23.3. The van der Waals surface area contributed by atoms with Crippen molar-refractivity contribution in [2.75, 3.05) is 6.61 Å². The molecule has 0 amide bonds. The highest BCUT2D eigenvalue weighted by Crippen LogP contribution is 2.77. The first kappa shape index (κ1) is 22.0. The number of aliphatic hydroxyl groups excluding tert-OH is 1. The van der Waals surface area contributed by atoms with E-state index in [2.05, 4.69) is 0 Å². The molecule has 1 spiro atoms. The molecule has 0 aromatic rings. The topological polar surface area (TPSA) is 93.2 Å². The number of halogens is 1. The van der Waals surface area contributed by atoms with Crippen LogP contribution in [0.5, 0.6) is 0 Å². The van der Waals surface area contributed by atoms with Crippen LogP contribution >= 0.6 is 0 Å². The van der Waals surface area contributed by atoms with E-state index in [1.807, 2.05) is 20.8 Å². The van der Waals surface area contributed by atoms with Gasteiger partial charge in [0.2, 0.25) is 5.78 Å². The Morgan fingerprint density at radius 2 is 2.00 bits per heavy atom. The molecule has 1 N–H and O–H groups in total. The number of allylic oxidation sites excluding steroid dienone is 2.